The van der Waals surface area contributed by atoms with Crippen LogP contribution in [0.3, 0.4) is 0 Å². The minimum atomic E-state index is -0.539. The molecule has 0 atom stereocenters. The van der Waals surface area contributed by atoms with Crippen LogP contribution in [0.25, 0.3) is 0 Å². The summed E-state index contributed by atoms with van der Waals surface area (Å²) in [6.45, 7) is 0.115. The molecule has 18 heavy (non-hydrogen) atoms. The van der Waals surface area contributed by atoms with Crippen LogP contribution < -0.4 is 5.32 Å². The third-order valence-electron chi connectivity index (χ3n) is 1.97. The summed E-state index contributed by atoms with van der Waals surface area (Å²) in [5, 5.41) is 2.66. The first-order valence-corrected chi connectivity index (χ1v) is 5.95. The monoisotopic (exact) mass is 310 g/mol. The number of nitrogens with zero attached hydrogens (tertiary/aromatic N) is 1. The molecule has 0 fully saturated rings. The highest BCUT2D eigenvalue weighted by molar-refractivity contribution is 6.48. The maximum Gasteiger partial charge on any atom is 0.307 e. The van der Waals surface area contributed by atoms with E-state index >= 15 is 0 Å². The molecule has 1 amide bonds. The highest BCUT2D eigenvalue weighted by Gasteiger charge is 2.16. The number of rotatable bonds is 4. The van der Waals surface area contributed by atoms with Crippen molar-refractivity contribution in [2.45, 2.75) is 6.42 Å². The van der Waals surface area contributed by atoms with Gasteiger partial charge >= 0.3 is 5.97 Å². The van der Waals surface area contributed by atoms with Gasteiger partial charge in [-0.2, -0.15) is 0 Å². The Morgan fingerprint density at radius 1 is 1.33 bits per heavy atom. The van der Waals surface area contributed by atoms with E-state index in [1.165, 1.54) is 13.3 Å². The standard InChI is InChI=1S/C10H9Cl3N2O3/c1-18-6(16)2-3-14-10(17)9-8(13)7(12)5(11)4-15-9/h4H,2-3H2,1H3,(H,14,17). The minimum Gasteiger partial charge on any atom is -0.469 e. The number of halogens is 3. The van der Waals surface area contributed by atoms with E-state index in [-0.39, 0.29) is 33.7 Å². The van der Waals surface area contributed by atoms with Crippen LogP contribution in [0.15, 0.2) is 6.20 Å². The lowest BCUT2D eigenvalue weighted by Crippen LogP contribution is -2.27. The molecule has 1 aromatic rings. The van der Waals surface area contributed by atoms with Crippen molar-refractivity contribution in [3.8, 4) is 0 Å². The first-order chi connectivity index (χ1) is 8.47. The Morgan fingerprint density at radius 2 is 2.00 bits per heavy atom. The normalized spacial score (nSPS) is 10.0. The van der Waals surface area contributed by atoms with Crippen molar-refractivity contribution in [2.24, 2.45) is 0 Å². The average Bonchev–Trinajstić information content (AvgIpc) is 2.35. The van der Waals surface area contributed by atoms with Crippen LogP contribution in [0.4, 0.5) is 0 Å². The average molecular weight is 312 g/mol. The second kappa shape index (κ2) is 6.78. The van der Waals surface area contributed by atoms with Gasteiger partial charge in [-0.15, -0.1) is 0 Å². The fourth-order valence-corrected chi connectivity index (χ4v) is 1.63. The number of ether oxygens (including phenoxy) is 1. The topological polar surface area (TPSA) is 68.3 Å². The Bertz CT molecular complexity index is 480. The third kappa shape index (κ3) is 3.73. The van der Waals surface area contributed by atoms with Crippen molar-refractivity contribution in [2.75, 3.05) is 13.7 Å². The van der Waals surface area contributed by atoms with Gasteiger partial charge in [0, 0.05) is 12.7 Å². The van der Waals surface area contributed by atoms with Gasteiger partial charge in [0.15, 0.2) is 0 Å². The third-order valence-corrected chi connectivity index (χ3v) is 3.22. The van der Waals surface area contributed by atoms with Crippen molar-refractivity contribution >= 4 is 46.7 Å². The largest absolute Gasteiger partial charge is 0.469 e. The highest BCUT2D eigenvalue weighted by Crippen LogP contribution is 2.30. The van der Waals surface area contributed by atoms with Gasteiger partial charge in [0.2, 0.25) is 0 Å². The van der Waals surface area contributed by atoms with Crippen LogP contribution in [-0.2, 0) is 9.53 Å². The van der Waals surface area contributed by atoms with Crippen LogP contribution in [0, 0.1) is 0 Å². The molecular weight excluding hydrogens is 302 g/mol. The number of aromatic nitrogens is 1. The molecular formula is C10H9Cl3N2O3. The lowest BCUT2D eigenvalue weighted by atomic mass is 10.3. The molecule has 1 aromatic heterocycles. The SMILES string of the molecule is COC(=O)CCNC(=O)c1ncc(Cl)c(Cl)c1Cl. The zero-order valence-corrected chi connectivity index (χ0v) is 11.6. The van der Waals surface area contributed by atoms with Crippen molar-refractivity contribution in [1.29, 1.82) is 0 Å². The maximum atomic E-state index is 11.7. The van der Waals surface area contributed by atoms with Crippen molar-refractivity contribution in [1.82, 2.24) is 10.3 Å². The van der Waals surface area contributed by atoms with Crippen LogP contribution in [0.1, 0.15) is 16.9 Å². The number of nitrogens with one attached hydrogen (secondary N) is 1. The number of amides is 1. The van der Waals surface area contributed by atoms with Crippen molar-refractivity contribution < 1.29 is 14.3 Å². The summed E-state index contributed by atoms with van der Waals surface area (Å²) in [7, 11) is 1.27. The summed E-state index contributed by atoms with van der Waals surface area (Å²) in [6.07, 6.45) is 1.28. The molecule has 8 heteroatoms. The van der Waals surface area contributed by atoms with Crippen LogP contribution >= 0.6 is 34.8 Å². The molecule has 5 nitrogen and oxygen atoms in total. The number of esters is 1. The smallest absolute Gasteiger partial charge is 0.307 e. The highest BCUT2D eigenvalue weighted by atomic mass is 35.5. The summed E-state index contributed by atoms with van der Waals surface area (Å²) in [5.41, 5.74) is -0.0454. The van der Waals surface area contributed by atoms with Gasteiger partial charge in [0.25, 0.3) is 5.91 Å². The number of hydrogen-bond donors (Lipinski definition) is 1. The van der Waals surface area contributed by atoms with Gasteiger partial charge in [-0.05, 0) is 0 Å². The van der Waals surface area contributed by atoms with Gasteiger partial charge < -0.3 is 10.1 Å². The first kappa shape index (κ1) is 15.0. The molecule has 98 valence electrons. The Morgan fingerprint density at radius 3 is 2.61 bits per heavy atom. The molecule has 0 spiro atoms. The van der Waals surface area contributed by atoms with E-state index in [0.717, 1.165) is 0 Å². The number of hydrogen-bond acceptors (Lipinski definition) is 4. The Labute approximate surface area is 118 Å². The van der Waals surface area contributed by atoms with Gasteiger partial charge in [0.1, 0.15) is 5.69 Å². The Kier molecular flexibility index (Phi) is 5.65. The van der Waals surface area contributed by atoms with E-state index in [4.69, 9.17) is 34.8 Å². The van der Waals surface area contributed by atoms with E-state index < -0.39 is 11.9 Å². The van der Waals surface area contributed by atoms with Crippen LogP contribution in [0.2, 0.25) is 15.1 Å². The molecule has 1 N–H and O–H groups in total. The van der Waals surface area contributed by atoms with E-state index in [2.05, 4.69) is 15.0 Å². The predicted molar refractivity (Wildman–Crippen MR) is 68.2 cm³/mol. The molecule has 0 radical (unpaired) electrons. The maximum absolute atomic E-state index is 11.7. The molecule has 0 aliphatic rings. The molecule has 0 bridgehead atoms. The van der Waals surface area contributed by atoms with E-state index in [0.29, 0.717) is 0 Å². The fourth-order valence-electron chi connectivity index (χ4n) is 1.07. The van der Waals surface area contributed by atoms with Gasteiger partial charge in [0.05, 0.1) is 28.6 Å². The number of carbonyl (C=O) groups is 2. The molecule has 1 rings (SSSR count). The molecule has 0 saturated carbocycles. The van der Waals surface area contributed by atoms with E-state index in [9.17, 15) is 9.59 Å². The summed E-state index contributed by atoms with van der Waals surface area (Å²) in [5.74, 6) is -0.967. The Balaban J connectivity index is 2.68. The van der Waals surface area contributed by atoms with E-state index in [1.54, 1.807) is 0 Å². The lowest BCUT2D eigenvalue weighted by molar-refractivity contribution is -0.140. The quantitative estimate of drug-likeness (QED) is 0.867. The van der Waals surface area contributed by atoms with Crippen LogP contribution in [0.5, 0.6) is 0 Å². The second-order valence-electron chi connectivity index (χ2n) is 3.16. The number of pyridine rings is 1. The molecule has 0 aliphatic carbocycles. The van der Waals surface area contributed by atoms with Crippen molar-refractivity contribution in [3.05, 3.63) is 27.0 Å². The number of methoxy groups -OCH3 is 1. The van der Waals surface area contributed by atoms with Gasteiger partial charge in [-0.1, -0.05) is 34.8 Å². The summed E-state index contributed by atoms with van der Waals surface area (Å²) < 4.78 is 4.43. The van der Waals surface area contributed by atoms with Crippen molar-refractivity contribution in [3.63, 3.8) is 0 Å². The predicted octanol–water partition coefficient (Wildman–Crippen LogP) is 2.33. The molecule has 0 aromatic carbocycles. The van der Waals surface area contributed by atoms with Gasteiger partial charge in [-0.25, -0.2) is 4.98 Å². The summed E-state index contributed by atoms with van der Waals surface area (Å²) >= 11 is 17.3. The molecule has 0 aliphatic heterocycles. The van der Waals surface area contributed by atoms with E-state index in [1.807, 2.05) is 0 Å². The number of carbonyl (C=O) groups excluding carboxylic acids is 2. The molecule has 0 saturated heterocycles. The fraction of sp³-hybridized carbons (Fsp3) is 0.300. The van der Waals surface area contributed by atoms with Gasteiger partial charge in [-0.3, -0.25) is 9.59 Å². The zero-order chi connectivity index (χ0) is 13.7. The zero-order valence-electron chi connectivity index (χ0n) is 9.30. The summed E-state index contributed by atoms with van der Waals surface area (Å²) in [6, 6.07) is 0. The lowest BCUT2D eigenvalue weighted by Gasteiger charge is -2.07. The molecule has 1 heterocycles. The van der Waals surface area contributed by atoms with Crippen LogP contribution in [-0.4, -0.2) is 30.5 Å². The second-order valence-corrected chi connectivity index (χ2v) is 4.33. The molecule has 0 unspecified atom stereocenters. The first-order valence-electron chi connectivity index (χ1n) is 4.82. The summed E-state index contributed by atoms with van der Waals surface area (Å²) in [4.78, 5) is 26.3. The Hall–Kier alpha value is -1.04. The minimum absolute atomic E-state index is 0.0280.